The van der Waals surface area contributed by atoms with Crippen molar-refractivity contribution in [3.8, 4) is 0 Å². The summed E-state index contributed by atoms with van der Waals surface area (Å²) < 4.78 is 38.7. The summed E-state index contributed by atoms with van der Waals surface area (Å²) in [5, 5.41) is 6.34. The topological polar surface area (TPSA) is 82.6 Å². The number of hydrogen-bond acceptors (Lipinski definition) is 4. The van der Waals surface area contributed by atoms with Crippen LogP contribution in [0.4, 0.5) is 4.39 Å². The molecule has 0 aromatic heterocycles. The Morgan fingerprint density at radius 1 is 1.19 bits per heavy atom. The van der Waals surface area contributed by atoms with Gasteiger partial charge in [0.2, 0.25) is 10.0 Å². The molecule has 0 atom stereocenters. The Hall–Kier alpha value is -0.590. The fourth-order valence-corrected chi connectivity index (χ4v) is 3.41. The van der Waals surface area contributed by atoms with Crippen molar-refractivity contribution >= 4 is 51.7 Å². The average Bonchev–Trinajstić information content (AvgIpc) is 2.60. The number of nitrogens with zero attached hydrogens (tertiary/aromatic N) is 1. The lowest BCUT2D eigenvalue weighted by Gasteiger charge is -2.12. The molecule has 1 aromatic carbocycles. The van der Waals surface area contributed by atoms with Gasteiger partial charge in [-0.1, -0.05) is 6.07 Å². The Bertz CT molecular complexity index is 688. The van der Waals surface area contributed by atoms with Crippen LogP contribution in [0, 0.1) is 5.82 Å². The zero-order valence-electron chi connectivity index (χ0n) is 16.0. The molecule has 6 nitrogen and oxygen atoms in total. The third-order valence-electron chi connectivity index (χ3n) is 3.57. The molecular formula is C17H30FIN4O2S2. The number of rotatable bonds is 11. The Morgan fingerprint density at radius 2 is 1.93 bits per heavy atom. The molecule has 0 bridgehead atoms. The molecule has 0 heterocycles. The number of benzene rings is 1. The van der Waals surface area contributed by atoms with E-state index < -0.39 is 10.0 Å². The minimum Gasteiger partial charge on any atom is -0.357 e. The third kappa shape index (κ3) is 11.1. The van der Waals surface area contributed by atoms with E-state index in [1.807, 2.05) is 13.2 Å². The van der Waals surface area contributed by atoms with Gasteiger partial charge in [0.05, 0.1) is 12.3 Å². The number of hydrogen-bond donors (Lipinski definition) is 3. The van der Waals surface area contributed by atoms with E-state index in [1.165, 1.54) is 6.07 Å². The van der Waals surface area contributed by atoms with E-state index in [-0.39, 0.29) is 35.5 Å². The maximum absolute atomic E-state index is 13.4. The molecule has 0 fully saturated rings. The quantitative estimate of drug-likeness (QED) is 0.177. The lowest BCUT2D eigenvalue weighted by molar-refractivity contribution is 0.579. The highest BCUT2D eigenvalue weighted by Crippen LogP contribution is 2.17. The highest BCUT2D eigenvalue weighted by Gasteiger charge is 2.06. The number of guanidine groups is 1. The fourth-order valence-electron chi connectivity index (χ4n) is 2.17. The Morgan fingerprint density at radius 3 is 2.56 bits per heavy atom. The first-order valence-electron chi connectivity index (χ1n) is 8.67. The minimum absolute atomic E-state index is 0. The van der Waals surface area contributed by atoms with E-state index in [4.69, 9.17) is 0 Å². The van der Waals surface area contributed by atoms with Crippen LogP contribution in [-0.4, -0.2) is 46.0 Å². The summed E-state index contributed by atoms with van der Waals surface area (Å²) in [4.78, 5) is 4.54. The first-order valence-corrected chi connectivity index (χ1v) is 11.7. The molecule has 10 heteroatoms. The van der Waals surface area contributed by atoms with E-state index in [0.29, 0.717) is 32.0 Å². The predicted molar refractivity (Wildman–Crippen MR) is 124 cm³/mol. The van der Waals surface area contributed by atoms with E-state index in [2.05, 4.69) is 20.3 Å². The van der Waals surface area contributed by atoms with E-state index in [1.54, 1.807) is 30.8 Å². The zero-order valence-corrected chi connectivity index (χ0v) is 20.0. The molecule has 0 radical (unpaired) electrons. The van der Waals surface area contributed by atoms with Crippen molar-refractivity contribution in [1.29, 1.82) is 0 Å². The molecule has 0 amide bonds. The number of thioether (sulfide) groups is 1. The Labute approximate surface area is 183 Å². The monoisotopic (exact) mass is 532 g/mol. The molecule has 0 aliphatic carbocycles. The van der Waals surface area contributed by atoms with Gasteiger partial charge in [-0.25, -0.2) is 22.5 Å². The van der Waals surface area contributed by atoms with Crippen LogP contribution in [-0.2, 0) is 22.3 Å². The van der Waals surface area contributed by atoms with Crippen molar-refractivity contribution in [2.45, 2.75) is 32.6 Å². The standard InChI is InChI=1S/C17H29FN4O2S2.HI/c1-4-19-17(20-9-6-10-22-26(23,24)5-2)21-12-14-7-8-16(18)11-15(14)13-25-3;/h7-8,11,22H,4-6,9-10,12-13H2,1-3H3,(H2,19,20,21);1H. The molecule has 156 valence electrons. The van der Waals surface area contributed by atoms with E-state index in [9.17, 15) is 12.8 Å². The Balaban J connectivity index is 0.00000676. The molecular weight excluding hydrogens is 502 g/mol. The lowest BCUT2D eigenvalue weighted by Crippen LogP contribution is -2.38. The largest absolute Gasteiger partial charge is 0.357 e. The van der Waals surface area contributed by atoms with Crippen molar-refractivity contribution < 1.29 is 12.8 Å². The van der Waals surface area contributed by atoms with Crippen LogP contribution >= 0.6 is 35.7 Å². The normalized spacial score (nSPS) is 11.8. The summed E-state index contributed by atoms with van der Waals surface area (Å²) >= 11 is 1.64. The van der Waals surface area contributed by atoms with Gasteiger partial charge in [0, 0.05) is 25.4 Å². The van der Waals surface area contributed by atoms with Crippen molar-refractivity contribution in [2.24, 2.45) is 4.99 Å². The summed E-state index contributed by atoms with van der Waals surface area (Å²) in [6, 6.07) is 4.78. The predicted octanol–water partition coefficient (Wildman–Crippen LogP) is 2.69. The second-order valence-electron chi connectivity index (χ2n) is 5.62. The molecule has 1 aromatic rings. The lowest BCUT2D eigenvalue weighted by atomic mass is 10.1. The van der Waals surface area contributed by atoms with Gasteiger partial charge in [0.1, 0.15) is 5.82 Å². The van der Waals surface area contributed by atoms with Gasteiger partial charge < -0.3 is 10.6 Å². The number of sulfonamides is 1. The molecule has 0 spiro atoms. The molecule has 0 aliphatic heterocycles. The maximum atomic E-state index is 13.4. The molecule has 27 heavy (non-hydrogen) atoms. The van der Waals surface area contributed by atoms with Gasteiger partial charge in [-0.15, -0.1) is 24.0 Å². The molecule has 0 unspecified atom stereocenters. The van der Waals surface area contributed by atoms with Crippen LogP contribution in [0.25, 0.3) is 0 Å². The number of nitrogens with one attached hydrogen (secondary N) is 3. The van der Waals surface area contributed by atoms with Gasteiger partial charge in [0.15, 0.2) is 5.96 Å². The van der Waals surface area contributed by atoms with Crippen molar-refractivity contribution in [2.75, 3.05) is 31.6 Å². The van der Waals surface area contributed by atoms with Gasteiger partial charge >= 0.3 is 0 Å². The van der Waals surface area contributed by atoms with Gasteiger partial charge in [-0.3, -0.25) is 0 Å². The highest BCUT2D eigenvalue weighted by molar-refractivity contribution is 14.0. The van der Waals surface area contributed by atoms with Gasteiger partial charge in [0.25, 0.3) is 0 Å². The minimum atomic E-state index is -3.15. The van der Waals surface area contributed by atoms with Crippen molar-refractivity contribution in [1.82, 2.24) is 15.4 Å². The molecule has 1 rings (SSSR count). The number of halogens is 2. The first-order chi connectivity index (χ1) is 12.4. The summed E-state index contributed by atoms with van der Waals surface area (Å²) in [6.07, 6.45) is 2.63. The van der Waals surface area contributed by atoms with Crippen molar-refractivity contribution in [3.63, 3.8) is 0 Å². The summed E-state index contributed by atoms with van der Waals surface area (Å²) in [7, 11) is -3.15. The van der Waals surface area contributed by atoms with Crippen LogP contribution in [0.1, 0.15) is 31.4 Å². The fraction of sp³-hybridized carbons (Fsp3) is 0.588. The highest BCUT2D eigenvalue weighted by atomic mass is 127. The molecule has 0 saturated carbocycles. The van der Waals surface area contributed by atoms with Gasteiger partial charge in [-0.2, -0.15) is 11.8 Å². The Kier molecular flexibility index (Phi) is 14.1. The second-order valence-corrected chi connectivity index (χ2v) is 8.58. The van der Waals surface area contributed by atoms with Crippen LogP contribution in [0.15, 0.2) is 23.2 Å². The summed E-state index contributed by atoms with van der Waals surface area (Å²) in [5.74, 6) is 1.25. The van der Waals surface area contributed by atoms with Crippen LogP contribution < -0.4 is 15.4 Å². The number of aliphatic imine (C=N–C) groups is 1. The molecule has 0 saturated heterocycles. The van der Waals surface area contributed by atoms with Gasteiger partial charge in [-0.05, 0) is 49.8 Å². The average molecular weight is 532 g/mol. The SMILES string of the molecule is CCNC(=NCc1ccc(F)cc1CSC)NCCCNS(=O)(=O)CC.I. The van der Waals surface area contributed by atoms with Crippen LogP contribution in [0.2, 0.25) is 0 Å². The second kappa shape index (κ2) is 14.4. The maximum Gasteiger partial charge on any atom is 0.211 e. The summed E-state index contributed by atoms with van der Waals surface area (Å²) in [5.41, 5.74) is 1.94. The summed E-state index contributed by atoms with van der Waals surface area (Å²) in [6.45, 7) is 5.74. The molecule has 0 aliphatic rings. The van der Waals surface area contributed by atoms with Crippen LogP contribution in [0.5, 0.6) is 0 Å². The first kappa shape index (κ1) is 26.4. The van der Waals surface area contributed by atoms with Crippen LogP contribution in [0.3, 0.4) is 0 Å². The zero-order chi connectivity index (χ0) is 19.4. The van der Waals surface area contributed by atoms with Crippen molar-refractivity contribution in [3.05, 3.63) is 35.1 Å². The smallest absolute Gasteiger partial charge is 0.211 e. The van der Waals surface area contributed by atoms with E-state index >= 15 is 0 Å². The van der Waals surface area contributed by atoms with E-state index in [0.717, 1.165) is 23.4 Å². The third-order valence-corrected chi connectivity index (χ3v) is 5.57. The molecule has 3 N–H and O–H groups in total.